The number of nitrogens with one attached hydrogen (secondary N) is 1. The number of amides is 2. The molecule has 3 rings (SSSR count). The van der Waals surface area contributed by atoms with Crippen LogP contribution < -0.4 is 5.32 Å². The molecule has 1 N–H and O–H groups in total. The molecule has 0 aliphatic carbocycles. The van der Waals surface area contributed by atoms with Crippen LogP contribution in [0, 0.1) is 0 Å². The van der Waals surface area contributed by atoms with Crippen molar-refractivity contribution in [3.63, 3.8) is 0 Å². The molecule has 0 unspecified atom stereocenters. The molecule has 0 bridgehead atoms. The van der Waals surface area contributed by atoms with Crippen LogP contribution in [0.5, 0.6) is 0 Å². The molecule has 0 aromatic heterocycles. The van der Waals surface area contributed by atoms with Crippen molar-refractivity contribution in [3.05, 3.63) is 47.5 Å². The third-order valence-corrected chi connectivity index (χ3v) is 4.27. The standard InChI is InChI=1S/C19H21ClN2O2/c1-19(2,20)12-21-10-5-11-22-17(23)14-8-3-6-13-7-4-9-15(16(13)14)18(22)24/h3-4,6-9,21H,5,10-12H2,1-2H3. The van der Waals surface area contributed by atoms with Gasteiger partial charge in [-0.15, -0.1) is 11.6 Å². The highest BCUT2D eigenvalue weighted by Crippen LogP contribution is 2.29. The lowest BCUT2D eigenvalue weighted by Gasteiger charge is -2.27. The molecular weight excluding hydrogens is 324 g/mol. The lowest BCUT2D eigenvalue weighted by atomic mass is 9.94. The van der Waals surface area contributed by atoms with E-state index in [9.17, 15) is 9.59 Å². The minimum Gasteiger partial charge on any atom is -0.315 e. The second-order valence-electron chi connectivity index (χ2n) is 6.72. The summed E-state index contributed by atoms with van der Waals surface area (Å²) in [5.74, 6) is -0.413. The van der Waals surface area contributed by atoms with Gasteiger partial charge in [-0.25, -0.2) is 0 Å². The van der Waals surface area contributed by atoms with Crippen LogP contribution in [0.3, 0.4) is 0 Å². The van der Waals surface area contributed by atoms with E-state index in [4.69, 9.17) is 11.6 Å². The smallest absolute Gasteiger partial charge is 0.261 e. The number of alkyl halides is 1. The summed E-state index contributed by atoms with van der Waals surface area (Å²) in [6.07, 6.45) is 0.697. The Morgan fingerprint density at radius 2 is 1.62 bits per heavy atom. The summed E-state index contributed by atoms with van der Waals surface area (Å²) in [6, 6.07) is 11.2. The molecule has 1 heterocycles. The van der Waals surface area contributed by atoms with Gasteiger partial charge in [0.25, 0.3) is 11.8 Å². The van der Waals surface area contributed by atoms with Gasteiger partial charge < -0.3 is 5.32 Å². The maximum absolute atomic E-state index is 12.7. The molecule has 0 saturated heterocycles. The molecule has 1 aliphatic rings. The van der Waals surface area contributed by atoms with Gasteiger partial charge in [0.15, 0.2) is 0 Å². The van der Waals surface area contributed by atoms with Crippen molar-refractivity contribution in [1.29, 1.82) is 0 Å². The number of carbonyl (C=O) groups excluding carboxylic acids is 2. The van der Waals surface area contributed by atoms with Gasteiger partial charge in [-0.1, -0.05) is 24.3 Å². The molecule has 2 aromatic carbocycles. The molecule has 1 aliphatic heterocycles. The van der Waals surface area contributed by atoms with Gasteiger partial charge >= 0.3 is 0 Å². The average molecular weight is 345 g/mol. The summed E-state index contributed by atoms with van der Waals surface area (Å²) < 4.78 is 0. The van der Waals surface area contributed by atoms with Gasteiger partial charge in [0, 0.05) is 29.6 Å². The Labute approximate surface area is 146 Å². The predicted molar refractivity (Wildman–Crippen MR) is 96.7 cm³/mol. The van der Waals surface area contributed by atoms with Crippen LogP contribution in [0.25, 0.3) is 10.8 Å². The van der Waals surface area contributed by atoms with Gasteiger partial charge in [-0.05, 0) is 44.3 Å². The van der Waals surface area contributed by atoms with Crippen molar-refractivity contribution >= 4 is 34.2 Å². The first-order valence-electron chi connectivity index (χ1n) is 8.16. The van der Waals surface area contributed by atoms with Crippen molar-refractivity contribution in [3.8, 4) is 0 Å². The number of hydrogen-bond donors (Lipinski definition) is 1. The Hall–Kier alpha value is -1.91. The topological polar surface area (TPSA) is 49.4 Å². The lowest BCUT2D eigenvalue weighted by molar-refractivity contribution is 0.0609. The molecule has 5 heteroatoms. The van der Waals surface area contributed by atoms with E-state index in [2.05, 4.69) is 5.32 Å². The predicted octanol–water partition coefficient (Wildman–Crippen LogP) is 3.43. The van der Waals surface area contributed by atoms with Crippen molar-refractivity contribution in [2.75, 3.05) is 19.6 Å². The van der Waals surface area contributed by atoms with E-state index in [-0.39, 0.29) is 16.7 Å². The molecule has 4 nitrogen and oxygen atoms in total. The largest absolute Gasteiger partial charge is 0.315 e. The zero-order valence-corrected chi connectivity index (χ0v) is 14.7. The Balaban J connectivity index is 1.73. The van der Waals surface area contributed by atoms with E-state index in [1.807, 2.05) is 38.1 Å². The van der Waals surface area contributed by atoms with Crippen LogP contribution in [-0.4, -0.2) is 41.2 Å². The van der Waals surface area contributed by atoms with Gasteiger partial charge in [0.1, 0.15) is 0 Å². The van der Waals surface area contributed by atoms with Crippen molar-refractivity contribution in [1.82, 2.24) is 10.2 Å². The van der Waals surface area contributed by atoms with Crippen molar-refractivity contribution in [2.45, 2.75) is 25.1 Å². The summed E-state index contributed by atoms with van der Waals surface area (Å²) in [5.41, 5.74) is 1.22. The van der Waals surface area contributed by atoms with E-state index >= 15 is 0 Å². The summed E-state index contributed by atoms with van der Waals surface area (Å²) in [7, 11) is 0. The minimum absolute atomic E-state index is 0.207. The molecule has 0 saturated carbocycles. The second kappa shape index (κ2) is 6.54. The molecular formula is C19H21ClN2O2. The number of carbonyl (C=O) groups is 2. The number of nitrogens with zero attached hydrogens (tertiary/aromatic N) is 1. The fourth-order valence-electron chi connectivity index (χ4n) is 3.03. The zero-order chi connectivity index (χ0) is 17.3. The Kier molecular flexibility index (Phi) is 4.61. The molecule has 24 heavy (non-hydrogen) atoms. The van der Waals surface area contributed by atoms with Crippen molar-refractivity contribution < 1.29 is 9.59 Å². The Bertz CT molecular complexity index is 745. The van der Waals surface area contributed by atoms with Gasteiger partial charge in [-0.3, -0.25) is 14.5 Å². The first-order valence-corrected chi connectivity index (χ1v) is 8.54. The summed E-state index contributed by atoms with van der Waals surface area (Å²) in [5, 5.41) is 4.95. The SMILES string of the molecule is CC(C)(Cl)CNCCCN1C(=O)c2cccc3cccc(c23)C1=O. The summed E-state index contributed by atoms with van der Waals surface area (Å²) in [4.78, 5) is 26.5. The van der Waals surface area contributed by atoms with Crippen LogP contribution in [0.15, 0.2) is 36.4 Å². The highest BCUT2D eigenvalue weighted by Gasteiger charge is 2.32. The van der Waals surface area contributed by atoms with Crippen LogP contribution in [-0.2, 0) is 0 Å². The molecule has 126 valence electrons. The minimum atomic E-state index is -0.300. The lowest BCUT2D eigenvalue weighted by Crippen LogP contribution is -2.42. The number of rotatable bonds is 6. The number of hydrogen-bond acceptors (Lipinski definition) is 3. The van der Waals surface area contributed by atoms with E-state index in [1.54, 1.807) is 12.1 Å². The molecule has 2 aromatic rings. The second-order valence-corrected chi connectivity index (χ2v) is 7.74. The average Bonchev–Trinajstić information content (AvgIpc) is 2.54. The maximum atomic E-state index is 12.7. The number of benzene rings is 2. The van der Waals surface area contributed by atoms with E-state index in [0.717, 1.165) is 10.8 Å². The molecule has 2 amide bonds. The first-order chi connectivity index (χ1) is 11.4. The highest BCUT2D eigenvalue weighted by atomic mass is 35.5. The normalized spacial score (nSPS) is 14.5. The van der Waals surface area contributed by atoms with Gasteiger partial charge in [-0.2, -0.15) is 0 Å². The third-order valence-electron chi connectivity index (χ3n) is 4.14. The zero-order valence-electron chi connectivity index (χ0n) is 13.9. The molecule has 0 spiro atoms. The van der Waals surface area contributed by atoms with Gasteiger partial charge in [0.2, 0.25) is 0 Å². The van der Waals surface area contributed by atoms with E-state index in [0.29, 0.717) is 37.2 Å². The first kappa shape index (κ1) is 16.9. The Morgan fingerprint density at radius 1 is 1.04 bits per heavy atom. The van der Waals surface area contributed by atoms with Crippen molar-refractivity contribution in [2.24, 2.45) is 0 Å². The van der Waals surface area contributed by atoms with Gasteiger partial charge in [0.05, 0.1) is 4.87 Å². The van der Waals surface area contributed by atoms with E-state index < -0.39 is 0 Å². The van der Waals surface area contributed by atoms with Crippen LogP contribution in [0.4, 0.5) is 0 Å². The fourth-order valence-corrected chi connectivity index (χ4v) is 3.13. The highest BCUT2D eigenvalue weighted by molar-refractivity contribution is 6.25. The number of halogens is 1. The summed E-state index contributed by atoms with van der Waals surface area (Å²) >= 11 is 6.13. The van der Waals surface area contributed by atoms with Crippen LogP contribution in [0.2, 0.25) is 0 Å². The maximum Gasteiger partial charge on any atom is 0.261 e. The van der Waals surface area contributed by atoms with Crippen LogP contribution in [0.1, 0.15) is 41.0 Å². The molecule has 0 fully saturated rings. The Morgan fingerprint density at radius 3 is 2.17 bits per heavy atom. The number of imide groups is 1. The third kappa shape index (κ3) is 3.30. The monoisotopic (exact) mass is 344 g/mol. The molecule has 0 radical (unpaired) electrons. The summed E-state index contributed by atoms with van der Waals surface area (Å²) in [6.45, 7) is 5.67. The fraction of sp³-hybridized carbons (Fsp3) is 0.368. The quantitative estimate of drug-likeness (QED) is 0.496. The molecule has 0 atom stereocenters. The van der Waals surface area contributed by atoms with E-state index in [1.165, 1.54) is 4.90 Å². The van der Waals surface area contributed by atoms with Crippen LogP contribution >= 0.6 is 11.6 Å².